The standard InChI is InChI=1S/C18H15P.CN.2CH3.Au/c1-4-10-16(11-5-1)19(17-12-6-2-7-13-17)18-14-8-3-9-15-18;1-2;;;/h1-15H;;2*1H3;/q;3*-1;+3. The minimum Gasteiger partial charge on any atom is -0.512 e. The van der Waals surface area contributed by atoms with Gasteiger partial charge in [0.15, 0.2) is 0 Å². The van der Waals surface area contributed by atoms with Gasteiger partial charge in [-0.25, -0.2) is 0 Å². The summed E-state index contributed by atoms with van der Waals surface area (Å²) in [7, 11) is -0.446. The summed E-state index contributed by atoms with van der Waals surface area (Å²) in [4.78, 5) is 0. The van der Waals surface area contributed by atoms with Gasteiger partial charge in [0.25, 0.3) is 0 Å². The Hall–Kier alpha value is -1.68. The number of hydrogen-bond donors (Lipinski definition) is 0. The van der Waals surface area contributed by atoms with Gasteiger partial charge in [0.05, 0.1) is 0 Å². The van der Waals surface area contributed by atoms with Crippen LogP contribution < -0.4 is 15.9 Å². The van der Waals surface area contributed by atoms with Gasteiger partial charge in [-0.2, -0.15) is 0 Å². The summed E-state index contributed by atoms with van der Waals surface area (Å²) in [6, 6.07) is 32.3. The summed E-state index contributed by atoms with van der Waals surface area (Å²) in [5.74, 6) is 0. The average molecular weight is 515 g/mol. The Bertz CT molecular complexity index is 575. The second-order valence-corrected chi connectivity index (χ2v) is 6.56. The quantitative estimate of drug-likeness (QED) is 0.288. The predicted octanol–water partition coefficient (Wildman–Crippen LogP) is 4.44. The van der Waals surface area contributed by atoms with Crippen molar-refractivity contribution in [3.05, 3.63) is 112 Å². The molecule has 0 saturated carbocycles. The number of benzene rings is 3. The second-order valence-electron chi connectivity index (χ2n) is 4.34. The van der Waals surface area contributed by atoms with Crippen molar-refractivity contribution >= 4 is 23.8 Å². The summed E-state index contributed by atoms with van der Waals surface area (Å²) >= 11 is 0. The van der Waals surface area contributed by atoms with Crippen molar-refractivity contribution in [2.24, 2.45) is 0 Å². The average Bonchev–Trinajstić information content (AvgIpc) is 2.60. The monoisotopic (exact) mass is 515 g/mol. The van der Waals surface area contributed by atoms with Crippen LogP contribution in [0.3, 0.4) is 0 Å². The van der Waals surface area contributed by atoms with E-state index >= 15 is 0 Å². The second kappa shape index (κ2) is 13.7. The molecular weight excluding hydrogens is 494 g/mol. The van der Waals surface area contributed by atoms with Gasteiger partial charge in [0, 0.05) is 0 Å². The third kappa shape index (κ3) is 6.44. The van der Waals surface area contributed by atoms with Gasteiger partial charge in [0.1, 0.15) is 0 Å². The minimum absolute atomic E-state index is 0. The number of rotatable bonds is 3. The smallest absolute Gasteiger partial charge is 0.512 e. The zero-order valence-electron chi connectivity index (χ0n) is 13.9. The molecule has 3 aromatic carbocycles. The Labute approximate surface area is 163 Å². The molecule has 3 heteroatoms. The molecule has 0 aliphatic carbocycles. The summed E-state index contributed by atoms with van der Waals surface area (Å²) in [5.41, 5.74) is 0. The molecule has 0 aromatic heterocycles. The molecule has 24 heavy (non-hydrogen) atoms. The van der Waals surface area contributed by atoms with Crippen LogP contribution in [0.25, 0.3) is 0 Å². The molecule has 3 aromatic rings. The molecule has 0 atom stereocenters. The molecule has 1 nitrogen and oxygen atoms in total. The van der Waals surface area contributed by atoms with Crippen molar-refractivity contribution in [2.45, 2.75) is 0 Å². The van der Waals surface area contributed by atoms with Gasteiger partial charge >= 0.3 is 22.4 Å². The van der Waals surface area contributed by atoms with E-state index in [0.29, 0.717) is 0 Å². The van der Waals surface area contributed by atoms with Crippen molar-refractivity contribution in [3.8, 4) is 0 Å². The molecule has 0 spiro atoms. The molecule has 0 radical (unpaired) electrons. The van der Waals surface area contributed by atoms with E-state index < -0.39 is 7.92 Å². The topological polar surface area (TPSA) is 23.8 Å². The van der Waals surface area contributed by atoms with Crippen LogP contribution in [0.1, 0.15) is 0 Å². The van der Waals surface area contributed by atoms with Crippen LogP contribution >= 0.6 is 7.92 Å². The van der Waals surface area contributed by atoms with E-state index in [4.69, 9.17) is 11.8 Å². The van der Waals surface area contributed by atoms with Crippen molar-refractivity contribution in [1.29, 1.82) is 5.26 Å². The van der Waals surface area contributed by atoms with Gasteiger partial charge in [0.2, 0.25) is 0 Å². The maximum Gasteiger partial charge on any atom is 3.00 e. The summed E-state index contributed by atoms with van der Waals surface area (Å²) in [6.45, 7) is 4.75. The normalized spacial score (nSPS) is 8.46. The van der Waals surface area contributed by atoms with E-state index in [0.717, 1.165) is 0 Å². The number of nitrogens with zero attached hydrogens (tertiary/aromatic N) is 1. The maximum atomic E-state index is 6.25. The van der Waals surface area contributed by atoms with E-state index in [2.05, 4.69) is 91.0 Å². The van der Waals surface area contributed by atoms with E-state index in [9.17, 15) is 0 Å². The fraction of sp³-hybridized carbons (Fsp3) is 0. The van der Waals surface area contributed by atoms with Gasteiger partial charge in [-0.3, -0.25) is 0 Å². The maximum absolute atomic E-state index is 6.25. The van der Waals surface area contributed by atoms with Crippen LogP contribution in [0.5, 0.6) is 0 Å². The van der Waals surface area contributed by atoms with Crippen LogP contribution in [0.15, 0.2) is 91.0 Å². The van der Waals surface area contributed by atoms with E-state index in [1.165, 1.54) is 15.9 Å². The Kier molecular flexibility index (Phi) is 14.1. The molecule has 3 rings (SSSR count). The zero-order valence-corrected chi connectivity index (χ0v) is 16.9. The van der Waals surface area contributed by atoms with E-state index in [1.807, 2.05) is 0 Å². The van der Waals surface area contributed by atoms with Crippen molar-refractivity contribution < 1.29 is 22.4 Å². The Morgan fingerprint density at radius 3 is 0.917 bits per heavy atom. The zero-order chi connectivity index (χ0) is 14.9. The molecule has 0 bridgehead atoms. The van der Waals surface area contributed by atoms with Crippen molar-refractivity contribution in [1.82, 2.24) is 0 Å². The molecule has 0 aliphatic rings. The molecule has 0 N–H and O–H groups in total. The van der Waals surface area contributed by atoms with Gasteiger partial charge in [-0.05, 0) is 23.8 Å². The van der Waals surface area contributed by atoms with E-state index in [1.54, 1.807) is 0 Å². The first-order valence-electron chi connectivity index (χ1n) is 6.63. The first kappa shape index (κ1) is 24.6. The van der Waals surface area contributed by atoms with Crippen LogP contribution in [-0.2, 0) is 22.4 Å². The molecule has 126 valence electrons. The van der Waals surface area contributed by atoms with Crippen molar-refractivity contribution in [2.75, 3.05) is 0 Å². The summed E-state index contributed by atoms with van der Waals surface area (Å²) in [5, 5.41) is 10.4. The van der Waals surface area contributed by atoms with Crippen LogP contribution in [0.2, 0.25) is 0 Å². The van der Waals surface area contributed by atoms with Crippen molar-refractivity contribution in [3.63, 3.8) is 0 Å². The van der Waals surface area contributed by atoms with Crippen LogP contribution in [0, 0.1) is 26.7 Å². The summed E-state index contributed by atoms with van der Waals surface area (Å²) in [6.07, 6.45) is 0. The molecule has 0 unspecified atom stereocenters. The minimum atomic E-state index is -0.446. The Morgan fingerprint density at radius 1 is 0.500 bits per heavy atom. The SMILES string of the molecule is [Au+3].[C-]#N.[CH3-].[CH3-].c1ccc(P(c2ccccc2)c2ccccc2)cc1. The fourth-order valence-electron chi connectivity index (χ4n) is 2.18. The first-order chi connectivity index (χ1) is 10.4. The largest absolute Gasteiger partial charge is 3.00 e. The van der Waals surface area contributed by atoms with E-state index in [-0.39, 0.29) is 37.2 Å². The Morgan fingerprint density at radius 2 is 0.708 bits per heavy atom. The third-order valence-corrected chi connectivity index (χ3v) is 5.49. The molecule has 0 fully saturated rings. The predicted molar refractivity (Wildman–Crippen MR) is 103 cm³/mol. The van der Waals surface area contributed by atoms with Gasteiger partial charge in [-0.15, -0.1) is 0 Å². The third-order valence-electron chi connectivity index (χ3n) is 3.04. The van der Waals surface area contributed by atoms with Crippen LogP contribution in [0.4, 0.5) is 0 Å². The van der Waals surface area contributed by atoms with Gasteiger partial charge in [-0.1, -0.05) is 91.0 Å². The first-order valence-corrected chi connectivity index (χ1v) is 7.97. The molecule has 0 aliphatic heterocycles. The molecular formula is C21H21AuNP. The molecule has 0 saturated heterocycles. The van der Waals surface area contributed by atoms with Gasteiger partial charge < -0.3 is 26.7 Å². The number of hydrogen-bond acceptors (Lipinski definition) is 1. The molecule has 0 heterocycles. The molecule has 0 amide bonds. The van der Waals surface area contributed by atoms with Crippen LogP contribution in [-0.4, -0.2) is 0 Å². The summed E-state index contributed by atoms with van der Waals surface area (Å²) < 4.78 is 0. The fourth-order valence-corrected chi connectivity index (χ4v) is 4.48. The Balaban J connectivity index is 0.